The van der Waals surface area contributed by atoms with Crippen molar-refractivity contribution in [2.45, 2.75) is 288 Å². The zero-order chi connectivity index (χ0) is 48.7. The molecule has 0 bridgehead atoms. The van der Waals surface area contributed by atoms with Crippen molar-refractivity contribution >= 4 is 5.91 Å². The highest BCUT2D eigenvalue weighted by atomic mass is 16.7. The average molecular weight is 944 g/mol. The number of unbranched alkanes of at least 4 members (excludes halogenated alkanes) is 29. The van der Waals surface area contributed by atoms with Crippen molar-refractivity contribution < 1.29 is 39.8 Å². The first-order valence-corrected chi connectivity index (χ1v) is 28.0. The van der Waals surface area contributed by atoms with Crippen LogP contribution in [-0.4, -0.2) is 87.5 Å². The fourth-order valence-corrected chi connectivity index (χ4v) is 8.68. The fourth-order valence-electron chi connectivity index (χ4n) is 8.68. The van der Waals surface area contributed by atoms with Crippen molar-refractivity contribution in [3.8, 4) is 0 Å². The van der Waals surface area contributed by atoms with E-state index in [0.29, 0.717) is 6.42 Å². The molecule has 1 aliphatic heterocycles. The van der Waals surface area contributed by atoms with Crippen molar-refractivity contribution in [3.05, 3.63) is 60.8 Å². The van der Waals surface area contributed by atoms with Gasteiger partial charge in [-0.3, -0.25) is 4.79 Å². The lowest BCUT2D eigenvalue weighted by atomic mass is 9.99. The van der Waals surface area contributed by atoms with Gasteiger partial charge in [0.15, 0.2) is 6.29 Å². The maximum Gasteiger partial charge on any atom is 0.220 e. The molecular weight excluding hydrogens is 839 g/mol. The van der Waals surface area contributed by atoms with Gasteiger partial charge >= 0.3 is 0 Å². The lowest BCUT2D eigenvalue weighted by Gasteiger charge is -2.40. The summed E-state index contributed by atoms with van der Waals surface area (Å²) in [6.07, 6.45) is 57.5. The Morgan fingerprint density at radius 3 is 1.37 bits per heavy atom. The van der Waals surface area contributed by atoms with Crippen LogP contribution < -0.4 is 5.32 Å². The number of amides is 1. The van der Waals surface area contributed by atoms with Crippen molar-refractivity contribution in [2.24, 2.45) is 0 Å². The molecule has 1 amide bonds. The molecule has 0 aromatic carbocycles. The molecule has 0 spiro atoms. The molecule has 1 heterocycles. The quantitative estimate of drug-likeness (QED) is 0.0261. The Morgan fingerprint density at radius 2 is 0.925 bits per heavy atom. The highest BCUT2D eigenvalue weighted by Crippen LogP contribution is 2.23. The Kier molecular flexibility index (Phi) is 44.7. The molecule has 7 unspecified atom stereocenters. The van der Waals surface area contributed by atoms with Crippen LogP contribution >= 0.6 is 0 Å². The van der Waals surface area contributed by atoms with E-state index in [0.717, 1.165) is 64.2 Å². The number of allylic oxidation sites excluding steroid dienone is 9. The number of carbonyl (C=O) groups is 1. The van der Waals surface area contributed by atoms with E-state index in [2.05, 4.69) is 67.8 Å². The third-order valence-corrected chi connectivity index (χ3v) is 13.1. The number of nitrogens with one attached hydrogen (secondary N) is 1. The van der Waals surface area contributed by atoms with Crippen LogP contribution in [0.4, 0.5) is 0 Å². The molecule has 1 saturated heterocycles. The fraction of sp³-hybridized carbons (Fsp3) is 0.810. The number of hydrogen-bond acceptors (Lipinski definition) is 8. The zero-order valence-corrected chi connectivity index (χ0v) is 43.1. The second kappa shape index (κ2) is 47.6. The van der Waals surface area contributed by atoms with Crippen LogP contribution in [0, 0.1) is 0 Å². The van der Waals surface area contributed by atoms with Gasteiger partial charge in [0.2, 0.25) is 5.91 Å². The number of rotatable bonds is 47. The van der Waals surface area contributed by atoms with Gasteiger partial charge in [0, 0.05) is 6.42 Å². The Bertz CT molecular complexity index is 1230. The van der Waals surface area contributed by atoms with Gasteiger partial charge in [0.25, 0.3) is 0 Å². The Labute approximate surface area is 411 Å². The van der Waals surface area contributed by atoms with Crippen molar-refractivity contribution in [1.82, 2.24) is 5.32 Å². The summed E-state index contributed by atoms with van der Waals surface area (Å²) in [5, 5.41) is 54.2. The van der Waals surface area contributed by atoms with E-state index >= 15 is 0 Å². The maximum absolute atomic E-state index is 13.0. The minimum atomic E-state index is -1.56. The summed E-state index contributed by atoms with van der Waals surface area (Å²) in [4.78, 5) is 13.0. The van der Waals surface area contributed by atoms with Gasteiger partial charge in [-0.25, -0.2) is 0 Å². The first kappa shape index (κ1) is 62.9. The van der Waals surface area contributed by atoms with Gasteiger partial charge in [0.1, 0.15) is 24.4 Å². The van der Waals surface area contributed by atoms with E-state index in [1.165, 1.54) is 161 Å². The highest BCUT2D eigenvalue weighted by Gasteiger charge is 2.44. The number of aliphatic hydroxyl groups is 5. The van der Waals surface area contributed by atoms with Gasteiger partial charge in [0.05, 0.1) is 25.4 Å². The molecule has 0 aliphatic carbocycles. The molecular formula is C58H105NO8. The van der Waals surface area contributed by atoms with Gasteiger partial charge in [-0.05, 0) is 57.8 Å². The molecule has 0 aromatic heterocycles. The van der Waals surface area contributed by atoms with E-state index in [1.807, 2.05) is 6.08 Å². The molecule has 1 rings (SSSR count). The molecule has 9 heteroatoms. The number of ether oxygens (including phenoxy) is 2. The molecule has 0 aromatic rings. The predicted octanol–water partition coefficient (Wildman–Crippen LogP) is 13.5. The number of aliphatic hydroxyl groups excluding tert-OH is 5. The summed E-state index contributed by atoms with van der Waals surface area (Å²) in [6, 6.07) is -0.802. The molecule has 7 atom stereocenters. The standard InChI is InChI=1S/C58H105NO8/c1-3-5-7-9-11-13-14-15-16-17-18-19-20-21-22-23-24-25-26-27-28-29-30-31-32-33-34-35-36-37-38-40-42-44-46-48-54(62)59-51(52(61)47-45-43-41-39-12-10-8-6-4-2)50-66-58-57(65)56(64)55(63)53(49-60)67-58/h5,7,11,13,15-16,18-19,45,47,51-53,55-58,60-61,63-65H,3-4,6,8-10,12,14,17,20-44,46,48-50H2,1-2H3,(H,59,62)/b7-5-,13-11-,16-15-,19-18-,47-45+. The normalized spacial score (nSPS) is 20.1. The van der Waals surface area contributed by atoms with E-state index in [4.69, 9.17) is 9.47 Å². The van der Waals surface area contributed by atoms with Gasteiger partial charge in [-0.1, -0.05) is 242 Å². The third kappa shape index (κ3) is 37.4. The van der Waals surface area contributed by atoms with Crippen LogP contribution in [0.1, 0.15) is 245 Å². The molecule has 67 heavy (non-hydrogen) atoms. The van der Waals surface area contributed by atoms with Crippen molar-refractivity contribution in [1.29, 1.82) is 0 Å². The lowest BCUT2D eigenvalue weighted by Crippen LogP contribution is -2.60. The molecule has 1 aliphatic rings. The van der Waals surface area contributed by atoms with Gasteiger partial charge < -0.3 is 40.3 Å². The molecule has 0 saturated carbocycles. The van der Waals surface area contributed by atoms with Crippen molar-refractivity contribution in [2.75, 3.05) is 13.2 Å². The second-order valence-corrected chi connectivity index (χ2v) is 19.4. The summed E-state index contributed by atoms with van der Waals surface area (Å²) in [6.45, 7) is 3.63. The summed E-state index contributed by atoms with van der Waals surface area (Å²) < 4.78 is 11.2. The van der Waals surface area contributed by atoms with Crippen LogP contribution in [0.5, 0.6) is 0 Å². The van der Waals surface area contributed by atoms with Crippen LogP contribution in [0.15, 0.2) is 60.8 Å². The lowest BCUT2D eigenvalue weighted by molar-refractivity contribution is -0.302. The Hall–Kier alpha value is -2.11. The van der Waals surface area contributed by atoms with Gasteiger partial charge in [-0.15, -0.1) is 0 Å². The Morgan fingerprint density at radius 1 is 0.522 bits per heavy atom. The summed E-state index contributed by atoms with van der Waals surface area (Å²) in [5.74, 6) is -0.177. The topological polar surface area (TPSA) is 149 Å². The largest absolute Gasteiger partial charge is 0.394 e. The number of hydrogen-bond donors (Lipinski definition) is 6. The van der Waals surface area contributed by atoms with E-state index in [9.17, 15) is 30.3 Å². The maximum atomic E-state index is 13.0. The Balaban J connectivity index is 2.04. The van der Waals surface area contributed by atoms with Crippen LogP contribution in [-0.2, 0) is 14.3 Å². The third-order valence-electron chi connectivity index (χ3n) is 13.1. The molecule has 1 fully saturated rings. The van der Waals surface area contributed by atoms with E-state index in [-0.39, 0.29) is 12.5 Å². The average Bonchev–Trinajstić information content (AvgIpc) is 3.33. The molecule has 390 valence electrons. The molecule has 0 radical (unpaired) electrons. The first-order valence-electron chi connectivity index (χ1n) is 28.0. The first-order chi connectivity index (χ1) is 32.8. The summed E-state index contributed by atoms with van der Waals surface area (Å²) >= 11 is 0. The second-order valence-electron chi connectivity index (χ2n) is 19.4. The number of carbonyl (C=O) groups excluding carboxylic acids is 1. The van der Waals surface area contributed by atoms with Crippen molar-refractivity contribution in [3.63, 3.8) is 0 Å². The van der Waals surface area contributed by atoms with E-state index < -0.39 is 49.5 Å². The molecule has 9 nitrogen and oxygen atoms in total. The van der Waals surface area contributed by atoms with Gasteiger partial charge in [-0.2, -0.15) is 0 Å². The summed E-state index contributed by atoms with van der Waals surface area (Å²) in [5.41, 5.74) is 0. The smallest absolute Gasteiger partial charge is 0.220 e. The minimum absolute atomic E-state index is 0.177. The highest BCUT2D eigenvalue weighted by molar-refractivity contribution is 5.76. The SMILES string of the molecule is CC/C=C\C/C=C\C/C=C\C/C=C\CCCCCCCCCCCCCCCCCCCCCCCCC(=O)NC(COC1OC(CO)C(O)C(O)C1O)C(O)/C=C/CCCCCCCCC. The zero-order valence-electron chi connectivity index (χ0n) is 43.1. The predicted molar refractivity (Wildman–Crippen MR) is 281 cm³/mol. The van der Waals surface area contributed by atoms with E-state index in [1.54, 1.807) is 6.08 Å². The molecule has 6 N–H and O–H groups in total. The minimum Gasteiger partial charge on any atom is -0.394 e. The van der Waals surface area contributed by atoms with Crippen LogP contribution in [0.2, 0.25) is 0 Å². The summed E-state index contributed by atoms with van der Waals surface area (Å²) in [7, 11) is 0. The van der Waals surface area contributed by atoms with Crippen LogP contribution in [0.3, 0.4) is 0 Å². The monoisotopic (exact) mass is 944 g/mol. The van der Waals surface area contributed by atoms with Crippen LogP contribution in [0.25, 0.3) is 0 Å².